The molecule has 0 amide bonds. The molecule has 0 fully saturated rings. The molecule has 0 bridgehead atoms. The monoisotopic (exact) mass is 743 g/mol. The fraction of sp³-hybridized carbons (Fsp3) is 0. The van der Waals surface area contributed by atoms with Gasteiger partial charge in [0.25, 0.3) is 0 Å². The first kappa shape index (κ1) is 32.1. The minimum atomic E-state index is 0.870. The maximum Gasteiger partial charge on any atom is 0.143 e. The van der Waals surface area contributed by atoms with Crippen LogP contribution in [0.15, 0.2) is 205 Å². The number of thiophene rings is 1. The summed E-state index contributed by atoms with van der Waals surface area (Å²) in [6.45, 7) is 0. The molecule has 57 heavy (non-hydrogen) atoms. The van der Waals surface area contributed by atoms with Crippen LogP contribution >= 0.6 is 11.3 Å². The van der Waals surface area contributed by atoms with Gasteiger partial charge in [0.05, 0.1) is 10.4 Å². The van der Waals surface area contributed by atoms with Crippen LogP contribution in [-0.4, -0.2) is 0 Å². The van der Waals surface area contributed by atoms with Gasteiger partial charge in [0.15, 0.2) is 0 Å². The maximum atomic E-state index is 7.01. The Morgan fingerprint density at radius 1 is 0.386 bits per heavy atom. The van der Waals surface area contributed by atoms with Crippen molar-refractivity contribution < 1.29 is 4.42 Å². The van der Waals surface area contributed by atoms with Crippen LogP contribution in [0.3, 0.4) is 0 Å². The summed E-state index contributed by atoms with van der Waals surface area (Å²) >= 11 is 1.86. The molecule has 0 saturated carbocycles. The average molecular weight is 744 g/mol. The molecule has 2 nitrogen and oxygen atoms in total. The van der Waals surface area contributed by atoms with Gasteiger partial charge in [0.2, 0.25) is 0 Å². The van der Waals surface area contributed by atoms with Crippen molar-refractivity contribution in [3.8, 4) is 22.3 Å². The lowest BCUT2D eigenvalue weighted by Crippen LogP contribution is -2.10. The number of rotatable bonds is 5. The molecule has 2 aromatic heterocycles. The number of fused-ring (bicyclic) bond motifs is 10. The normalized spacial score (nSPS) is 11.9. The molecule has 0 aliphatic heterocycles. The van der Waals surface area contributed by atoms with Crippen molar-refractivity contribution in [3.63, 3.8) is 0 Å². The third-order valence-corrected chi connectivity index (χ3v) is 12.8. The predicted molar refractivity (Wildman–Crippen MR) is 245 cm³/mol. The third kappa shape index (κ3) is 5.03. The lowest BCUT2D eigenvalue weighted by atomic mass is 9.89. The first-order valence-electron chi connectivity index (χ1n) is 19.4. The van der Waals surface area contributed by atoms with E-state index in [1.165, 1.54) is 69.2 Å². The SMILES string of the molecule is c1ccc(-c2ccc(N(c3ccc4oc5c(-c6cc7ccccc7c7ccccc67)c6ccccc6cc5c4c3)c3cccc4c3sc3ccccc34)cc2)cc1. The van der Waals surface area contributed by atoms with E-state index >= 15 is 0 Å². The molecule has 12 aromatic rings. The minimum absolute atomic E-state index is 0.870. The molecule has 12 rings (SSSR count). The first-order valence-corrected chi connectivity index (χ1v) is 20.2. The summed E-state index contributed by atoms with van der Waals surface area (Å²) in [7, 11) is 0. The molecule has 0 radical (unpaired) electrons. The second-order valence-electron chi connectivity index (χ2n) is 14.8. The van der Waals surface area contributed by atoms with Gasteiger partial charge in [-0.2, -0.15) is 0 Å². The van der Waals surface area contributed by atoms with Gasteiger partial charge in [-0.25, -0.2) is 0 Å². The molecule has 266 valence electrons. The van der Waals surface area contributed by atoms with Gasteiger partial charge < -0.3 is 9.32 Å². The molecule has 0 N–H and O–H groups in total. The first-order chi connectivity index (χ1) is 28.3. The van der Waals surface area contributed by atoms with Crippen LogP contribution in [0, 0.1) is 0 Å². The molecule has 2 heterocycles. The quantitative estimate of drug-likeness (QED) is 0.163. The highest BCUT2D eigenvalue weighted by Gasteiger charge is 2.22. The molecule has 0 saturated heterocycles. The highest BCUT2D eigenvalue weighted by atomic mass is 32.1. The van der Waals surface area contributed by atoms with E-state index in [2.05, 4.69) is 205 Å². The van der Waals surface area contributed by atoms with Crippen molar-refractivity contribution in [2.45, 2.75) is 0 Å². The van der Waals surface area contributed by atoms with E-state index in [1.807, 2.05) is 11.3 Å². The van der Waals surface area contributed by atoms with Gasteiger partial charge in [-0.15, -0.1) is 11.3 Å². The summed E-state index contributed by atoms with van der Waals surface area (Å²) in [5.41, 5.74) is 9.82. The third-order valence-electron chi connectivity index (χ3n) is 11.6. The van der Waals surface area contributed by atoms with Crippen LogP contribution in [0.25, 0.3) is 96.7 Å². The Bertz CT molecular complexity index is 3520. The van der Waals surface area contributed by atoms with E-state index in [1.54, 1.807) is 0 Å². The molecule has 0 aliphatic rings. The number of hydrogen-bond donors (Lipinski definition) is 0. The van der Waals surface area contributed by atoms with E-state index in [0.29, 0.717) is 0 Å². The zero-order valence-electron chi connectivity index (χ0n) is 30.8. The van der Waals surface area contributed by atoms with Crippen molar-refractivity contribution in [3.05, 3.63) is 200 Å². The summed E-state index contributed by atoms with van der Waals surface area (Å²) < 4.78 is 9.56. The number of nitrogens with zero attached hydrogens (tertiary/aromatic N) is 1. The van der Waals surface area contributed by atoms with E-state index < -0.39 is 0 Å². The van der Waals surface area contributed by atoms with Crippen molar-refractivity contribution >= 4 is 103 Å². The second kappa shape index (κ2) is 12.7. The molecule has 3 heteroatoms. The Labute approximate surface area is 333 Å². The summed E-state index contributed by atoms with van der Waals surface area (Å²) in [6, 6.07) is 72.6. The number of anilines is 3. The number of furan rings is 1. The minimum Gasteiger partial charge on any atom is -0.455 e. The second-order valence-corrected chi connectivity index (χ2v) is 15.9. The zero-order valence-corrected chi connectivity index (χ0v) is 31.6. The van der Waals surface area contributed by atoms with E-state index in [0.717, 1.165) is 44.6 Å². The largest absolute Gasteiger partial charge is 0.455 e. The lowest BCUT2D eigenvalue weighted by molar-refractivity contribution is 0.670. The van der Waals surface area contributed by atoms with Gasteiger partial charge >= 0.3 is 0 Å². The van der Waals surface area contributed by atoms with E-state index in [-0.39, 0.29) is 0 Å². The van der Waals surface area contributed by atoms with Crippen LogP contribution in [0.5, 0.6) is 0 Å². The molecule has 0 unspecified atom stereocenters. The lowest BCUT2D eigenvalue weighted by Gasteiger charge is -2.26. The van der Waals surface area contributed by atoms with Crippen molar-refractivity contribution in [2.24, 2.45) is 0 Å². The van der Waals surface area contributed by atoms with Gasteiger partial charge in [-0.3, -0.25) is 0 Å². The summed E-state index contributed by atoms with van der Waals surface area (Å²) in [5, 5.41) is 12.1. The molecular weight excluding hydrogens is 711 g/mol. The topological polar surface area (TPSA) is 16.4 Å². The highest BCUT2D eigenvalue weighted by Crippen LogP contribution is 2.48. The summed E-state index contributed by atoms with van der Waals surface area (Å²) in [6.07, 6.45) is 0. The Morgan fingerprint density at radius 2 is 1.02 bits per heavy atom. The highest BCUT2D eigenvalue weighted by molar-refractivity contribution is 7.26. The van der Waals surface area contributed by atoms with Gasteiger partial charge in [0.1, 0.15) is 11.2 Å². The number of hydrogen-bond acceptors (Lipinski definition) is 3. The Hall–Kier alpha value is -7.20. The summed E-state index contributed by atoms with van der Waals surface area (Å²) in [4.78, 5) is 2.42. The van der Waals surface area contributed by atoms with Crippen LogP contribution in [0.2, 0.25) is 0 Å². The molecule has 10 aromatic carbocycles. The molecule has 0 atom stereocenters. The molecule has 0 spiro atoms. The Kier molecular flexibility index (Phi) is 7.13. The van der Waals surface area contributed by atoms with Crippen LogP contribution < -0.4 is 4.90 Å². The van der Waals surface area contributed by atoms with Gasteiger partial charge in [-0.05, 0) is 104 Å². The molecule has 0 aliphatic carbocycles. The van der Waals surface area contributed by atoms with E-state index in [9.17, 15) is 0 Å². The van der Waals surface area contributed by atoms with Crippen LogP contribution in [0.1, 0.15) is 0 Å². The van der Waals surface area contributed by atoms with Crippen LogP contribution in [0.4, 0.5) is 17.1 Å². The van der Waals surface area contributed by atoms with Gasteiger partial charge in [-0.1, -0.05) is 146 Å². The van der Waals surface area contributed by atoms with Crippen LogP contribution in [-0.2, 0) is 0 Å². The van der Waals surface area contributed by atoms with Crippen molar-refractivity contribution in [1.82, 2.24) is 0 Å². The summed E-state index contributed by atoms with van der Waals surface area (Å²) in [5.74, 6) is 0. The number of benzene rings is 10. The molecular formula is C54H33NOS. The average Bonchev–Trinajstić information content (AvgIpc) is 3.84. The van der Waals surface area contributed by atoms with Gasteiger partial charge in [0, 0.05) is 43.2 Å². The van der Waals surface area contributed by atoms with Crippen molar-refractivity contribution in [2.75, 3.05) is 4.90 Å². The Balaban J connectivity index is 1.12. The predicted octanol–water partition coefficient (Wildman–Crippen LogP) is 16.2. The standard InChI is InChI=1S/C54H33NOS/c1-2-13-34(14-3-1)35-25-27-38(28-26-35)55(49-23-12-22-45-44-21-10-11-24-51(44)57-54(45)49)39-29-30-50-46(33-39)48-32-37-16-5-7-18-41(37)52(53(48)56-50)47-31-36-15-4-6-17-40(36)42-19-8-9-20-43(42)47/h1-33H. The fourth-order valence-electron chi connectivity index (χ4n) is 9.00. The zero-order chi connectivity index (χ0) is 37.5. The maximum absolute atomic E-state index is 7.01. The smallest absolute Gasteiger partial charge is 0.143 e. The van der Waals surface area contributed by atoms with Crippen molar-refractivity contribution in [1.29, 1.82) is 0 Å². The van der Waals surface area contributed by atoms with E-state index in [4.69, 9.17) is 4.42 Å². The Morgan fingerprint density at radius 3 is 1.84 bits per heavy atom. The fourth-order valence-corrected chi connectivity index (χ4v) is 10.2.